The maximum Gasteiger partial charge on any atom is 0.150 e. The molecular weight excluding hydrogens is 287 g/mol. The van der Waals surface area contributed by atoms with Crippen LogP contribution in [0.5, 0.6) is 0 Å². The van der Waals surface area contributed by atoms with Crippen LogP contribution in [0.25, 0.3) is 5.65 Å². The zero-order valence-corrected chi connectivity index (χ0v) is 12.7. The number of pyridine rings is 1. The third-order valence-electron chi connectivity index (χ3n) is 4.21. The Balaban J connectivity index is 1.78. The van der Waals surface area contributed by atoms with Crippen molar-refractivity contribution in [2.75, 3.05) is 18.4 Å². The minimum Gasteiger partial charge on any atom is -0.339 e. The lowest BCUT2D eigenvalue weighted by Crippen LogP contribution is -2.27. The average Bonchev–Trinajstić information content (AvgIpc) is 2.98. The van der Waals surface area contributed by atoms with E-state index in [-0.39, 0.29) is 0 Å². The van der Waals surface area contributed by atoms with Gasteiger partial charge in [0, 0.05) is 30.1 Å². The molecule has 0 unspecified atom stereocenters. The molecule has 0 bridgehead atoms. The summed E-state index contributed by atoms with van der Waals surface area (Å²) in [6, 6.07) is 5.94. The second-order valence-electron chi connectivity index (χ2n) is 5.79. The van der Waals surface area contributed by atoms with Crippen LogP contribution in [0.15, 0.2) is 36.8 Å². The first kappa shape index (κ1) is 14.2. The molecule has 0 amide bonds. The largest absolute Gasteiger partial charge is 0.339 e. The first-order valence-corrected chi connectivity index (χ1v) is 7.83. The van der Waals surface area contributed by atoms with Gasteiger partial charge in [-0.05, 0) is 43.5 Å². The molecule has 0 saturated carbocycles. The number of piperidine rings is 1. The summed E-state index contributed by atoms with van der Waals surface area (Å²) >= 11 is 0. The maximum absolute atomic E-state index is 6.04. The van der Waals surface area contributed by atoms with Gasteiger partial charge in [0.15, 0.2) is 5.65 Å². The number of aromatic nitrogens is 4. The summed E-state index contributed by atoms with van der Waals surface area (Å²) < 4.78 is 1.74. The summed E-state index contributed by atoms with van der Waals surface area (Å²) in [4.78, 5) is 8.89. The lowest BCUT2D eigenvalue weighted by Gasteiger charge is -2.23. The fourth-order valence-electron chi connectivity index (χ4n) is 3.00. The van der Waals surface area contributed by atoms with Crippen molar-refractivity contribution in [2.45, 2.75) is 18.8 Å². The van der Waals surface area contributed by atoms with Gasteiger partial charge in [0.05, 0.1) is 11.9 Å². The molecule has 4 heterocycles. The van der Waals surface area contributed by atoms with Crippen LogP contribution >= 0.6 is 0 Å². The molecule has 1 saturated heterocycles. The van der Waals surface area contributed by atoms with E-state index < -0.39 is 0 Å². The molecule has 0 atom stereocenters. The fraction of sp³-hybridized carbons (Fsp3) is 0.312. The molecule has 7 heteroatoms. The van der Waals surface area contributed by atoms with Crippen LogP contribution in [0, 0.1) is 0 Å². The van der Waals surface area contributed by atoms with E-state index in [4.69, 9.17) is 12.8 Å². The fourth-order valence-corrected chi connectivity index (χ4v) is 3.00. The van der Waals surface area contributed by atoms with Crippen LogP contribution in [-0.2, 0) is 0 Å². The lowest BCUT2D eigenvalue weighted by atomic mass is 9.94. The van der Waals surface area contributed by atoms with Gasteiger partial charge in [-0.3, -0.25) is 4.98 Å². The Morgan fingerprint density at radius 3 is 2.91 bits per heavy atom. The summed E-state index contributed by atoms with van der Waals surface area (Å²) in [5.41, 5.74) is 3.27. The smallest absolute Gasteiger partial charge is 0.150 e. The van der Waals surface area contributed by atoms with Crippen LogP contribution in [0.4, 0.5) is 11.5 Å². The number of anilines is 2. The zero-order chi connectivity index (χ0) is 15.6. The standard InChI is InChI=1S/C16H17BN6/c17-13-10-20-23-15(21-12-2-1-5-19-9-12)8-14(22-16(13)23)11-3-6-18-7-4-11/h1-2,5,8-11,18,21H,3-4,6-7H2. The normalized spacial score (nSPS) is 15.8. The van der Waals surface area contributed by atoms with Crippen LogP contribution in [-0.4, -0.2) is 40.5 Å². The van der Waals surface area contributed by atoms with Gasteiger partial charge in [-0.15, -0.1) is 0 Å². The summed E-state index contributed by atoms with van der Waals surface area (Å²) in [6.07, 6.45) is 7.35. The van der Waals surface area contributed by atoms with Crippen molar-refractivity contribution in [3.8, 4) is 0 Å². The Labute approximate surface area is 135 Å². The summed E-state index contributed by atoms with van der Waals surface area (Å²) in [6.45, 7) is 2.05. The quantitative estimate of drug-likeness (QED) is 0.710. The van der Waals surface area contributed by atoms with E-state index in [0.717, 1.165) is 43.1 Å². The van der Waals surface area contributed by atoms with Gasteiger partial charge in [0.2, 0.25) is 0 Å². The van der Waals surface area contributed by atoms with Crippen molar-refractivity contribution in [3.63, 3.8) is 0 Å². The highest BCUT2D eigenvalue weighted by atomic mass is 15.3. The predicted octanol–water partition coefficient (Wildman–Crippen LogP) is 1.13. The van der Waals surface area contributed by atoms with Gasteiger partial charge < -0.3 is 10.6 Å². The monoisotopic (exact) mass is 304 g/mol. The topological polar surface area (TPSA) is 67.1 Å². The number of rotatable bonds is 3. The van der Waals surface area contributed by atoms with Crippen molar-refractivity contribution in [1.29, 1.82) is 0 Å². The van der Waals surface area contributed by atoms with E-state index in [2.05, 4.69) is 26.8 Å². The van der Waals surface area contributed by atoms with Crippen LogP contribution in [0.1, 0.15) is 24.5 Å². The SMILES string of the molecule is [B]c1cnn2c(Nc3cccnc3)cc(C3CCNCC3)nc12. The number of nitrogens with one attached hydrogen (secondary N) is 2. The molecule has 1 aliphatic heterocycles. The highest BCUT2D eigenvalue weighted by Gasteiger charge is 2.19. The Hall–Kier alpha value is -2.41. The predicted molar refractivity (Wildman–Crippen MR) is 90.7 cm³/mol. The molecule has 4 rings (SSSR count). The van der Waals surface area contributed by atoms with Gasteiger partial charge in [0.25, 0.3) is 0 Å². The maximum atomic E-state index is 6.04. The molecule has 0 spiro atoms. The third-order valence-corrected chi connectivity index (χ3v) is 4.21. The van der Waals surface area contributed by atoms with Crippen molar-refractivity contribution in [2.24, 2.45) is 0 Å². The van der Waals surface area contributed by atoms with E-state index in [9.17, 15) is 0 Å². The molecule has 0 aliphatic carbocycles. The van der Waals surface area contributed by atoms with E-state index in [1.165, 1.54) is 0 Å². The first-order chi connectivity index (χ1) is 11.3. The molecule has 0 aromatic carbocycles. The summed E-state index contributed by atoms with van der Waals surface area (Å²) in [5, 5.41) is 11.1. The third kappa shape index (κ3) is 2.79. The van der Waals surface area contributed by atoms with Crippen LogP contribution in [0.2, 0.25) is 0 Å². The lowest BCUT2D eigenvalue weighted by molar-refractivity contribution is 0.453. The van der Waals surface area contributed by atoms with Crippen molar-refractivity contribution < 1.29 is 0 Å². The molecule has 3 aromatic rings. The van der Waals surface area contributed by atoms with Gasteiger partial charge >= 0.3 is 0 Å². The van der Waals surface area contributed by atoms with E-state index in [1.54, 1.807) is 23.1 Å². The molecule has 6 nitrogen and oxygen atoms in total. The highest BCUT2D eigenvalue weighted by molar-refractivity contribution is 6.36. The number of nitrogens with zero attached hydrogens (tertiary/aromatic N) is 4. The zero-order valence-electron chi connectivity index (χ0n) is 12.7. The molecule has 23 heavy (non-hydrogen) atoms. The number of hydrogen-bond acceptors (Lipinski definition) is 5. The van der Waals surface area contributed by atoms with E-state index in [0.29, 0.717) is 17.0 Å². The molecule has 2 radical (unpaired) electrons. The van der Waals surface area contributed by atoms with Crippen LogP contribution < -0.4 is 16.1 Å². The van der Waals surface area contributed by atoms with Gasteiger partial charge in [0.1, 0.15) is 13.7 Å². The first-order valence-electron chi connectivity index (χ1n) is 7.83. The van der Waals surface area contributed by atoms with Crippen molar-refractivity contribution in [1.82, 2.24) is 24.9 Å². The minimum atomic E-state index is 0.449. The number of hydrogen-bond donors (Lipinski definition) is 2. The summed E-state index contributed by atoms with van der Waals surface area (Å²) in [7, 11) is 6.04. The van der Waals surface area contributed by atoms with E-state index >= 15 is 0 Å². The molecule has 2 N–H and O–H groups in total. The average molecular weight is 304 g/mol. The molecule has 3 aromatic heterocycles. The second-order valence-corrected chi connectivity index (χ2v) is 5.79. The van der Waals surface area contributed by atoms with Crippen molar-refractivity contribution in [3.05, 3.63) is 42.5 Å². The molecular formula is C16H17BN6. The molecule has 114 valence electrons. The Bertz CT molecular complexity index is 810. The highest BCUT2D eigenvalue weighted by Crippen LogP contribution is 2.27. The van der Waals surface area contributed by atoms with Gasteiger partial charge in [-0.25, -0.2) is 4.98 Å². The minimum absolute atomic E-state index is 0.449. The van der Waals surface area contributed by atoms with Crippen LogP contribution in [0.3, 0.4) is 0 Å². The number of fused-ring (bicyclic) bond motifs is 1. The Morgan fingerprint density at radius 2 is 2.13 bits per heavy atom. The molecule has 1 aliphatic rings. The van der Waals surface area contributed by atoms with Gasteiger partial charge in [-0.2, -0.15) is 9.61 Å². The Kier molecular flexibility index (Phi) is 3.71. The molecule has 1 fully saturated rings. The van der Waals surface area contributed by atoms with E-state index in [1.807, 2.05) is 12.1 Å². The Morgan fingerprint density at radius 1 is 1.26 bits per heavy atom. The summed E-state index contributed by atoms with van der Waals surface area (Å²) in [5.74, 6) is 1.30. The van der Waals surface area contributed by atoms with Crippen molar-refractivity contribution >= 4 is 30.5 Å². The second kappa shape index (κ2) is 6.00. The van der Waals surface area contributed by atoms with Gasteiger partial charge in [-0.1, -0.05) is 0 Å².